The molecule has 1 heterocycles. The van der Waals surface area contributed by atoms with E-state index in [4.69, 9.17) is 4.74 Å². The van der Waals surface area contributed by atoms with Crippen molar-refractivity contribution in [3.8, 4) is 22.8 Å². The van der Waals surface area contributed by atoms with Crippen LogP contribution in [-0.4, -0.2) is 12.1 Å². The monoisotopic (exact) mass is 287 g/mol. The van der Waals surface area contributed by atoms with Crippen molar-refractivity contribution in [3.05, 3.63) is 54.3 Å². The molecule has 0 radical (unpaired) electrons. The summed E-state index contributed by atoms with van der Waals surface area (Å²) < 4.78 is 30.9. The molecule has 3 nitrogen and oxygen atoms in total. The van der Waals surface area contributed by atoms with E-state index in [1.54, 1.807) is 30.3 Å². The van der Waals surface area contributed by atoms with Gasteiger partial charge in [0.2, 0.25) is 0 Å². The van der Waals surface area contributed by atoms with Gasteiger partial charge in [0.1, 0.15) is 11.6 Å². The summed E-state index contributed by atoms with van der Waals surface area (Å²) in [5.74, 6) is 0.321. The number of aromatic nitrogens is 1. The number of nitrogens with zero attached hydrogens (tertiary/aromatic N) is 1. The molecule has 0 aliphatic heterocycles. The summed E-state index contributed by atoms with van der Waals surface area (Å²) in [5, 5.41) is 0.532. The van der Waals surface area contributed by atoms with Crippen molar-refractivity contribution < 1.29 is 18.6 Å². The van der Waals surface area contributed by atoms with E-state index in [1.807, 2.05) is 0 Å². The Labute approximate surface area is 119 Å². The molecule has 0 spiro atoms. The van der Waals surface area contributed by atoms with Crippen LogP contribution >= 0.6 is 0 Å². The van der Waals surface area contributed by atoms with Crippen molar-refractivity contribution in [2.45, 2.75) is 0 Å². The third kappa shape index (κ3) is 2.50. The van der Waals surface area contributed by atoms with Gasteiger partial charge in [0.25, 0.3) is 0 Å². The summed E-state index contributed by atoms with van der Waals surface area (Å²) in [4.78, 5) is 8.38. The second-order valence-corrected chi connectivity index (χ2v) is 4.47. The van der Waals surface area contributed by atoms with Gasteiger partial charge in [0.05, 0.1) is 18.3 Å². The highest BCUT2D eigenvalue weighted by molar-refractivity contribution is 5.88. The lowest BCUT2D eigenvalue weighted by molar-refractivity contribution is -0.00424. The predicted octanol–water partition coefficient (Wildman–Crippen LogP) is 4.31. The predicted molar refractivity (Wildman–Crippen MR) is 75.4 cm³/mol. The fourth-order valence-corrected chi connectivity index (χ4v) is 2.14. The molecule has 0 fully saturated rings. The summed E-state index contributed by atoms with van der Waals surface area (Å²) in [6, 6.07) is 12.3. The van der Waals surface area contributed by atoms with Crippen LogP contribution in [0.25, 0.3) is 22.2 Å². The van der Waals surface area contributed by atoms with E-state index in [-0.39, 0.29) is 11.6 Å². The number of benzene rings is 2. The van der Waals surface area contributed by atoms with Crippen LogP contribution in [0.5, 0.6) is 11.5 Å². The SMILES string of the molecule is COc1ccc2c(OF)cc(-c3ccc(F)cc3)nc2c1. The molecule has 0 aliphatic rings. The molecule has 0 bridgehead atoms. The van der Waals surface area contributed by atoms with Crippen molar-refractivity contribution in [1.29, 1.82) is 0 Å². The Bertz CT molecular complexity index is 788. The number of fused-ring (bicyclic) bond motifs is 1. The van der Waals surface area contributed by atoms with Gasteiger partial charge in [-0.1, -0.05) is 0 Å². The van der Waals surface area contributed by atoms with E-state index >= 15 is 0 Å². The fourth-order valence-electron chi connectivity index (χ4n) is 2.14. The molecule has 106 valence electrons. The molecule has 0 saturated heterocycles. The van der Waals surface area contributed by atoms with E-state index in [9.17, 15) is 8.92 Å². The Kier molecular flexibility index (Phi) is 3.39. The van der Waals surface area contributed by atoms with Gasteiger partial charge in [-0.05, 0) is 36.4 Å². The molecular weight excluding hydrogens is 276 g/mol. The lowest BCUT2D eigenvalue weighted by atomic mass is 10.1. The Hall–Kier alpha value is -2.69. The molecule has 21 heavy (non-hydrogen) atoms. The summed E-state index contributed by atoms with van der Waals surface area (Å²) in [6.45, 7) is 0. The van der Waals surface area contributed by atoms with E-state index in [2.05, 4.69) is 9.93 Å². The van der Waals surface area contributed by atoms with Crippen LogP contribution in [0.1, 0.15) is 0 Å². The van der Waals surface area contributed by atoms with Gasteiger partial charge in [-0.2, -0.15) is 0 Å². The highest BCUT2D eigenvalue weighted by Crippen LogP contribution is 2.32. The van der Waals surface area contributed by atoms with Crippen LogP contribution in [-0.2, 0) is 0 Å². The maximum Gasteiger partial charge on any atom is 0.183 e. The minimum absolute atomic E-state index is 0.0574. The van der Waals surface area contributed by atoms with Gasteiger partial charge in [-0.25, -0.2) is 9.37 Å². The maximum absolute atomic E-state index is 13.0. The number of hydrogen-bond donors (Lipinski definition) is 0. The molecule has 1 aromatic heterocycles. The summed E-state index contributed by atoms with van der Waals surface area (Å²) in [7, 11) is 1.54. The standard InChI is InChI=1S/C16H11F2NO2/c1-20-12-6-7-13-15(8-12)19-14(9-16(13)21-18)10-2-4-11(17)5-3-10/h2-9H,1H3. The van der Waals surface area contributed by atoms with Crippen molar-refractivity contribution >= 4 is 10.9 Å². The summed E-state index contributed by atoms with van der Waals surface area (Å²) >= 11 is 0. The zero-order valence-corrected chi connectivity index (χ0v) is 11.1. The second-order valence-electron chi connectivity index (χ2n) is 4.47. The molecule has 0 aliphatic carbocycles. The molecule has 0 unspecified atom stereocenters. The Morgan fingerprint density at radius 3 is 2.43 bits per heavy atom. The molecule has 0 saturated carbocycles. The number of rotatable bonds is 3. The first-order valence-corrected chi connectivity index (χ1v) is 6.24. The van der Waals surface area contributed by atoms with Crippen LogP contribution in [0.2, 0.25) is 0 Å². The average Bonchev–Trinajstić information content (AvgIpc) is 2.53. The Morgan fingerprint density at radius 2 is 1.76 bits per heavy atom. The van der Waals surface area contributed by atoms with E-state index in [0.29, 0.717) is 27.9 Å². The maximum atomic E-state index is 13.0. The molecule has 2 aromatic carbocycles. The van der Waals surface area contributed by atoms with Gasteiger partial charge in [0.15, 0.2) is 5.75 Å². The van der Waals surface area contributed by atoms with Crippen LogP contribution in [0.15, 0.2) is 48.5 Å². The van der Waals surface area contributed by atoms with Crippen LogP contribution in [0.4, 0.5) is 8.92 Å². The molecule has 3 rings (SSSR count). The van der Waals surface area contributed by atoms with Crippen molar-refractivity contribution in [3.63, 3.8) is 0 Å². The van der Waals surface area contributed by atoms with Crippen molar-refractivity contribution in [1.82, 2.24) is 4.98 Å². The minimum Gasteiger partial charge on any atom is -0.497 e. The van der Waals surface area contributed by atoms with E-state index in [0.717, 1.165) is 0 Å². The smallest absolute Gasteiger partial charge is 0.183 e. The molecule has 0 amide bonds. The largest absolute Gasteiger partial charge is 0.497 e. The highest BCUT2D eigenvalue weighted by atomic mass is 19.3. The molecule has 0 atom stereocenters. The van der Waals surface area contributed by atoms with Gasteiger partial charge >= 0.3 is 0 Å². The quantitative estimate of drug-likeness (QED) is 0.719. The normalized spacial score (nSPS) is 10.6. The molecular formula is C16H11F2NO2. The second kappa shape index (κ2) is 5.36. The Morgan fingerprint density at radius 1 is 1.00 bits per heavy atom. The molecule has 5 heteroatoms. The number of pyridine rings is 1. The number of hydrogen-bond acceptors (Lipinski definition) is 3. The third-order valence-corrected chi connectivity index (χ3v) is 3.20. The average molecular weight is 287 g/mol. The number of ether oxygens (including phenoxy) is 1. The van der Waals surface area contributed by atoms with Crippen LogP contribution < -0.4 is 9.68 Å². The summed E-state index contributed by atoms with van der Waals surface area (Å²) in [6.07, 6.45) is 0. The van der Waals surface area contributed by atoms with Crippen LogP contribution in [0.3, 0.4) is 0 Å². The van der Waals surface area contributed by atoms with Crippen molar-refractivity contribution in [2.24, 2.45) is 0 Å². The minimum atomic E-state index is -0.344. The van der Waals surface area contributed by atoms with E-state index < -0.39 is 0 Å². The van der Waals surface area contributed by atoms with E-state index in [1.165, 1.54) is 25.3 Å². The summed E-state index contributed by atoms with van der Waals surface area (Å²) in [5.41, 5.74) is 1.69. The topological polar surface area (TPSA) is 31.4 Å². The first-order chi connectivity index (χ1) is 10.2. The first kappa shape index (κ1) is 13.3. The third-order valence-electron chi connectivity index (χ3n) is 3.20. The lowest BCUT2D eigenvalue weighted by Crippen LogP contribution is -1.91. The van der Waals surface area contributed by atoms with Gasteiger partial charge in [-0.3, -0.25) is 4.94 Å². The van der Waals surface area contributed by atoms with Crippen molar-refractivity contribution in [2.75, 3.05) is 7.11 Å². The highest BCUT2D eigenvalue weighted by Gasteiger charge is 2.10. The van der Waals surface area contributed by atoms with Crippen LogP contribution in [0, 0.1) is 5.82 Å². The zero-order chi connectivity index (χ0) is 14.8. The molecule has 3 aromatic rings. The fraction of sp³-hybridized carbons (Fsp3) is 0.0625. The lowest BCUT2D eigenvalue weighted by Gasteiger charge is -2.08. The number of methoxy groups -OCH3 is 1. The van der Waals surface area contributed by atoms with Gasteiger partial charge in [0, 0.05) is 27.6 Å². The molecule has 0 N–H and O–H groups in total. The zero-order valence-electron chi connectivity index (χ0n) is 11.1. The van der Waals surface area contributed by atoms with Gasteiger partial charge < -0.3 is 4.74 Å². The first-order valence-electron chi connectivity index (χ1n) is 6.24. The Balaban J connectivity index is 2.21. The number of halogens is 2. The van der Waals surface area contributed by atoms with Gasteiger partial charge in [-0.15, -0.1) is 0 Å².